The molecule has 0 fully saturated rings. The molecule has 5 heteroatoms. The number of nitrogens with two attached hydrogens (primary N) is 1. The van der Waals surface area contributed by atoms with Crippen LogP contribution in [0.15, 0.2) is 12.1 Å². The van der Waals surface area contributed by atoms with Crippen LogP contribution in [0.4, 0.5) is 8.78 Å². The van der Waals surface area contributed by atoms with Crippen molar-refractivity contribution in [3.63, 3.8) is 0 Å². The summed E-state index contributed by atoms with van der Waals surface area (Å²) in [6.45, 7) is 0.628. The van der Waals surface area contributed by atoms with Gasteiger partial charge in [0.1, 0.15) is 17.2 Å². The van der Waals surface area contributed by atoms with E-state index in [2.05, 4.69) is 9.97 Å². The van der Waals surface area contributed by atoms with Crippen molar-refractivity contribution < 1.29 is 8.78 Å². The Kier molecular flexibility index (Phi) is 3.14. The van der Waals surface area contributed by atoms with Gasteiger partial charge in [-0.15, -0.1) is 0 Å². The van der Waals surface area contributed by atoms with Crippen LogP contribution in [0.25, 0.3) is 11.0 Å². The predicted octanol–water partition coefficient (Wildman–Crippen LogP) is 2.12. The number of rotatable bonds is 4. The summed E-state index contributed by atoms with van der Waals surface area (Å²) in [7, 11) is 0. The van der Waals surface area contributed by atoms with Gasteiger partial charge in [0.05, 0.1) is 5.52 Å². The van der Waals surface area contributed by atoms with E-state index in [4.69, 9.17) is 5.73 Å². The molecule has 0 saturated carbocycles. The number of aromatic nitrogens is 2. The zero-order valence-corrected chi connectivity index (χ0v) is 8.76. The van der Waals surface area contributed by atoms with Gasteiger partial charge in [0.15, 0.2) is 5.82 Å². The van der Waals surface area contributed by atoms with Crippen LogP contribution < -0.4 is 5.73 Å². The van der Waals surface area contributed by atoms with Crippen LogP contribution in [-0.2, 0) is 6.42 Å². The van der Waals surface area contributed by atoms with Crippen LogP contribution in [0.5, 0.6) is 0 Å². The van der Waals surface area contributed by atoms with Gasteiger partial charge in [-0.1, -0.05) is 0 Å². The third-order valence-electron chi connectivity index (χ3n) is 2.42. The fourth-order valence-corrected chi connectivity index (χ4v) is 1.65. The lowest BCUT2D eigenvalue weighted by atomic mass is 10.2. The van der Waals surface area contributed by atoms with Crippen LogP contribution in [0.3, 0.4) is 0 Å². The molecule has 3 nitrogen and oxygen atoms in total. The highest BCUT2D eigenvalue weighted by Crippen LogP contribution is 2.17. The molecule has 1 aromatic carbocycles. The molecule has 0 saturated heterocycles. The second kappa shape index (κ2) is 4.57. The zero-order valence-electron chi connectivity index (χ0n) is 8.76. The molecule has 0 unspecified atom stereocenters. The quantitative estimate of drug-likeness (QED) is 0.783. The number of hydrogen-bond donors (Lipinski definition) is 2. The van der Waals surface area contributed by atoms with Crippen LogP contribution in [-0.4, -0.2) is 16.5 Å². The molecule has 0 aliphatic rings. The zero-order chi connectivity index (χ0) is 11.5. The molecule has 0 spiro atoms. The third-order valence-corrected chi connectivity index (χ3v) is 2.42. The lowest BCUT2D eigenvalue weighted by Crippen LogP contribution is -1.99. The largest absolute Gasteiger partial charge is 0.342 e. The van der Waals surface area contributed by atoms with Gasteiger partial charge in [0.2, 0.25) is 0 Å². The summed E-state index contributed by atoms with van der Waals surface area (Å²) >= 11 is 0. The number of nitrogens with one attached hydrogen (secondary N) is 1. The number of halogens is 2. The van der Waals surface area contributed by atoms with E-state index in [-0.39, 0.29) is 5.52 Å². The fraction of sp³-hybridized carbons (Fsp3) is 0.364. The standard InChI is InChI=1S/C11H13F2N3/c12-7-5-8(13)11-9(6-7)15-10(16-11)3-1-2-4-14/h5-6H,1-4,14H2,(H,15,16). The minimum absolute atomic E-state index is 0.198. The SMILES string of the molecule is NCCCCc1nc2c(F)cc(F)cc2[nH]1. The highest BCUT2D eigenvalue weighted by molar-refractivity contribution is 5.75. The number of aromatic amines is 1. The van der Waals surface area contributed by atoms with Crippen molar-refractivity contribution >= 4 is 11.0 Å². The maximum Gasteiger partial charge on any atom is 0.153 e. The van der Waals surface area contributed by atoms with Gasteiger partial charge >= 0.3 is 0 Å². The highest BCUT2D eigenvalue weighted by Gasteiger charge is 2.09. The van der Waals surface area contributed by atoms with E-state index in [1.54, 1.807) is 0 Å². The van der Waals surface area contributed by atoms with Crippen LogP contribution >= 0.6 is 0 Å². The van der Waals surface area contributed by atoms with E-state index in [0.29, 0.717) is 24.3 Å². The summed E-state index contributed by atoms with van der Waals surface area (Å²) in [5.41, 5.74) is 5.97. The number of fused-ring (bicyclic) bond motifs is 1. The van der Waals surface area contributed by atoms with Gasteiger partial charge in [0.25, 0.3) is 0 Å². The van der Waals surface area contributed by atoms with Crippen LogP contribution in [0.2, 0.25) is 0 Å². The van der Waals surface area contributed by atoms with Crippen molar-refractivity contribution in [2.75, 3.05) is 6.54 Å². The summed E-state index contributed by atoms with van der Waals surface area (Å²) in [5.74, 6) is -0.550. The molecule has 0 radical (unpaired) electrons. The van der Waals surface area contributed by atoms with E-state index < -0.39 is 11.6 Å². The molecule has 1 aromatic heterocycles. The highest BCUT2D eigenvalue weighted by atomic mass is 19.1. The van der Waals surface area contributed by atoms with E-state index in [0.717, 1.165) is 18.9 Å². The monoisotopic (exact) mass is 225 g/mol. The van der Waals surface area contributed by atoms with Crippen molar-refractivity contribution in [1.29, 1.82) is 0 Å². The van der Waals surface area contributed by atoms with E-state index >= 15 is 0 Å². The third kappa shape index (κ3) is 2.19. The average molecular weight is 225 g/mol. The number of hydrogen-bond acceptors (Lipinski definition) is 2. The number of unbranched alkanes of at least 4 members (excludes halogenated alkanes) is 1. The molecule has 2 rings (SSSR count). The Hall–Kier alpha value is -1.49. The van der Waals surface area contributed by atoms with Crippen LogP contribution in [0, 0.1) is 11.6 Å². The number of aryl methyl sites for hydroxylation is 1. The Labute approximate surface area is 91.7 Å². The van der Waals surface area contributed by atoms with Crippen molar-refractivity contribution in [2.45, 2.75) is 19.3 Å². The minimum Gasteiger partial charge on any atom is -0.342 e. The molecule has 3 N–H and O–H groups in total. The maximum absolute atomic E-state index is 13.3. The van der Waals surface area contributed by atoms with Gasteiger partial charge < -0.3 is 10.7 Å². The summed E-state index contributed by atoms with van der Waals surface area (Å²) in [6, 6.07) is 2.09. The van der Waals surface area contributed by atoms with E-state index in [9.17, 15) is 8.78 Å². The predicted molar refractivity (Wildman–Crippen MR) is 58.0 cm³/mol. The lowest BCUT2D eigenvalue weighted by Gasteiger charge is -1.93. The van der Waals surface area contributed by atoms with Gasteiger partial charge in [0, 0.05) is 12.5 Å². The van der Waals surface area contributed by atoms with Crippen molar-refractivity contribution in [2.24, 2.45) is 5.73 Å². The Morgan fingerprint density at radius 3 is 2.81 bits per heavy atom. The first-order valence-electron chi connectivity index (χ1n) is 5.24. The normalized spacial score (nSPS) is 11.2. The maximum atomic E-state index is 13.3. The molecular formula is C11H13F2N3. The molecule has 0 atom stereocenters. The van der Waals surface area contributed by atoms with Gasteiger partial charge in [-0.3, -0.25) is 0 Å². The summed E-state index contributed by atoms with van der Waals surface area (Å²) in [4.78, 5) is 6.99. The average Bonchev–Trinajstić information content (AvgIpc) is 2.61. The second-order valence-electron chi connectivity index (χ2n) is 3.71. The smallest absolute Gasteiger partial charge is 0.153 e. The summed E-state index contributed by atoms with van der Waals surface area (Å²) in [5, 5.41) is 0. The topological polar surface area (TPSA) is 54.7 Å². The lowest BCUT2D eigenvalue weighted by molar-refractivity contribution is 0.590. The van der Waals surface area contributed by atoms with Gasteiger partial charge in [-0.25, -0.2) is 13.8 Å². The Morgan fingerprint density at radius 2 is 2.06 bits per heavy atom. The van der Waals surface area contributed by atoms with Crippen molar-refractivity contribution in [3.8, 4) is 0 Å². The van der Waals surface area contributed by atoms with Gasteiger partial charge in [-0.2, -0.15) is 0 Å². The summed E-state index contributed by atoms with van der Waals surface area (Å²) in [6.07, 6.45) is 2.49. The Morgan fingerprint density at radius 1 is 1.25 bits per heavy atom. The van der Waals surface area contributed by atoms with Crippen molar-refractivity contribution in [1.82, 2.24) is 9.97 Å². The first kappa shape index (κ1) is 11.0. The molecule has 0 aliphatic carbocycles. The first-order valence-corrected chi connectivity index (χ1v) is 5.24. The van der Waals surface area contributed by atoms with E-state index in [1.165, 1.54) is 6.07 Å². The second-order valence-corrected chi connectivity index (χ2v) is 3.71. The Balaban J connectivity index is 2.26. The number of H-pyrrole nitrogens is 1. The summed E-state index contributed by atoms with van der Waals surface area (Å²) < 4.78 is 26.2. The first-order chi connectivity index (χ1) is 7.70. The molecule has 0 amide bonds. The molecule has 0 bridgehead atoms. The molecule has 0 aliphatic heterocycles. The molecule has 2 aromatic rings. The Bertz CT molecular complexity index is 493. The fourth-order valence-electron chi connectivity index (χ4n) is 1.65. The number of benzene rings is 1. The van der Waals surface area contributed by atoms with Crippen LogP contribution in [0.1, 0.15) is 18.7 Å². The molecule has 16 heavy (non-hydrogen) atoms. The molecular weight excluding hydrogens is 212 g/mol. The van der Waals surface area contributed by atoms with Gasteiger partial charge in [-0.05, 0) is 25.5 Å². The minimum atomic E-state index is -0.628. The van der Waals surface area contributed by atoms with Crippen molar-refractivity contribution in [3.05, 3.63) is 29.6 Å². The molecule has 86 valence electrons. The van der Waals surface area contributed by atoms with E-state index in [1.807, 2.05) is 0 Å². The molecule has 1 heterocycles. The number of imidazole rings is 1. The number of nitrogens with zero attached hydrogens (tertiary/aromatic N) is 1.